The van der Waals surface area contributed by atoms with Crippen LogP contribution >= 0.6 is 45.3 Å². The molecule has 0 radical (unpaired) electrons. The van der Waals surface area contributed by atoms with Crippen LogP contribution < -0.4 is 9.47 Å². The van der Waals surface area contributed by atoms with Gasteiger partial charge in [-0.1, -0.05) is 121 Å². The first-order valence-electron chi connectivity index (χ1n) is 24.7. The standard InChI is InChI=1S/C62H36N6O10S4/c63-29-41(30-64)67-53-23-21-49(79-53)51-27-45-55(81-51)43-26-48-44(25-47(43)77-61(45,57(69)73-33-37-13-5-1-6-14-37)58(70)74-34-38-15-7-2-8-16-38)56-46(28-52(82-56)50-22-24-54(80-50)68-42(31-65)32-66)62(78-48,59(71)75-35-39-17-9-3-10-18-39)60(72)76-36-40-19-11-4-12-20-40/h1-28H,33-36H2. The molecule has 0 fully saturated rings. The average molecular weight is 1150 g/mol. The molecule has 0 saturated heterocycles. The summed E-state index contributed by atoms with van der Waals surface area (Å²) < 4.78 is 38.0. The van der Waals surface area contributed by atoms with Gasteiger partial charge in [-0.25, -0.2) is 29.2 Å². The predicted octanol–water partition coefficient (Wildman–Crippen LogP) is 13.0. The van der Waals surface area contributed by atoms with Crippen molar-refractivity contribution in [3.05, 3.63) is 203 Å². The minimum Gasteiger partial charge on any atom is -0.459 e. The fraction of sp³-hybridized carbons (Fsp3) is 0.0968. The molecule has 6 heterocycles. The summed E-state index contributed by atoms with van der Waals surface area (Å²) in [7, 11) is 0. The van der Waals surface area contributed by atoms with Gasteiger partial charge >= 0.3 is 35.1 Å². The van der Waals surface area contributed by atoms with Crippen LogP contribution in [0.5, 0.6) is 11.5 Å². The Labute approximate surface area is 483 Å². The quantitative estimate of drug-likeness (QED) is 0.0378. The number of hydrogen-bond acceptors (Lipinski definition) is 20. The van der Waals surface area contributed by atoms with E-state index in [0.717, 1.165) is 45.3 Å². The lowest BCUT2D eigenvalue weighted by atomic mass is 9.85. The van der Waals surface area contributed by atoms with Crippen molar-refractivity contribution >= 4 is 90.6 Å². The predicted molar refractivity (Wildman–Crippen MR) is 306 cm³/mol. The maximum absolute atomic E-state index is 15.3. The molecule has 0 spiro atoms. The molecule has 0 N–H and O–H groups in total. The first-order valence-corrected chi connectivity index (χ1v) is 28.0. The molecule has 16 nitrogen and oxygen atoms in total. The molecule has 0 aliphatic carbocycles. The van der Waals surface area contributed by atoms with Crippen molar-refractivity contribution in [2.75, 3.05) is 0 Å². The maximum Gasteiger partial charge on any atom is 0.367 e. The Hall–Kier alpha value is -10.3. The Morgan fingerprint density at radius 2 is 0.707 bits per heavy atom. The van der Waals surface area contributed by atoms with Crippen LogP contribution in [0.3, 0.4) is 0 Å². The normalized spacial score (nSPS) is 12.6. The summed E-state index contributed by atoms with van der Waals surface area (Å²) in [5, 5.41) is 38.7. The molecule has 0 saturated carbocycles. The van der Waals surface area contributed by atoms with E-state index in [0.29, 0.717) is 61.5 Å². The molecule has 0 atom stereocenters. The molecule has 0 bridgehead atoms. The van der Waals surface area contributed by atoms with Crippen LogP contribution in [-0.2, 0) is 75.8 Å². The number of benzene rings is 5. The smallest absolute Gasteiger partial charge is 0.367 e. The molecule has 11 rings (SSSR count). The summed E-state index contributed by atoms with van der Waals surface area (Å²) in [5.74, 6) is -4.43. The van der Waals surface area contributed by atoms with E-state index >= 15 is 19.2 Å². The fourth-order valence-corrected chi connectivity index (χ4v) is 13.3. The van der Waals surface area contributed by atoms with Gasteiger partial charge in [0.25, 0.3) is 0 Å². The van der Waals surface area contributed by atoms with Crippen molar-refractivity contribution in [1.82, 2.24) is 0 Å². The maximum atomic E-state index is 15.3. The number of esters is 4. The minimum absolute atomic E-state index is 0.0132. The van der Waals surface area contributed by atoms with Gasteiger partial charge in [-0.15, -0.1) is 45.3 Å². The molecule has 82 heavy (non-hydrogen) atoms. The number of fused-ring (bicyclic) bond motifs is 6. The topological polar surface area (TPSA) is 244 Å². The monoisotopic (exact) mass is 1150 g/mol. The first kappa shape index (κ1) is 53.7. The molecule has 0 unspecified atom stereocenters. The third-order valence-corrected chi connectivity index (χ3v) is 17.5. The van der Waals surface area contributed by atoms with E-state index in [4.69, 9.17) is 28.4 Å². The fourth-order valence-electron chi connectivity index (χ4n) is 8.95. The summed E-state index contributed by atoms with van der Waals surface area (Å²) in [6.07, 6.45) is 0. The highest BCUT2D eigenvalue weighted by molar-refractivity contribution is 7.26. The van der Waals surface area contributed by atoms with Crippen LogP contribution in [0.15, 0.2) is 180 Å². The van der Waals surface area contributed by atoms with Gasteiger partial charge in [0, 0.05) is 51.5 Å². The highest BCUT2D eigenvalue weighted by atomic mass is 32.1. The van der Waals surface area contributed by atoms with Gasteiger partial charge < -0.3 is 28.4 Å². The second kappa shape index (κ2) is 23.2. The Morgan fingerprint density at radius 1 is 0.402 bits per heavy atom. The molecule has 0 amide bonds. The van der Waals surface area contributed by atoms with E-state index in [2.05, 4.69) is 9.98 Å². The van der Waals surface area contributed by atoms with Crippen LogP contribution in [-0.4, -0.2) is 35.3 Å². The summed E-state index contributed by atoms with van der Waals surface area (Å²) in [6, 6.07) is 55.6. The van der Waals surface area contributed by atoms with E-state index in [1.807, 2.05) is 24.3 Å². The van der Waals surface area contributed by atoms with E-state index < -0.39 is 35.1 Å². The summed E-state index contributed by atoms with van der Waals surface area (Å²) in [6.45, 7) is -1.02. The van der Waals surface area contributed by atoms with Crippen molar-refractivity contribution in [1.29, 1.82) is 21.0 Å². The number of nitriles is 4. The number of aliphatic imine (C=N–C) groups is 2. The zero-order valence-corrected chi connectivity index (χ0v) is 45.7. The Bertz CT molecular complexity index is 3800. The van der Waals surface area contributed by atoms with Crippen LogP contribution in [0.25, 0.3) is 40.4 Å². The van der Waals surface area contributed by atoms with Crippen molar-refractivity contribution < 1.29 is 47.6 Å². The number of thiophene rings is 4. The number of rotatable bonds is 16. The SMILES string of the molecule is N#CC(C#N)=Nc1ccc(-c2cc3c(s2)-c2cc4c(cc2OC3(C(=O)OCc2ccccc2)C(=O)OCc2ccccc2)-c2sc(-c3ccc(N=C(C#N)C#N)s3)cc2C(C(=O)OCc2ccccc2)(C(=O)OCc2ccccc2)O4)s1. The lowest BCUT2D eigenvalue weighted by Crippen LogP contribution is -2.52. The highest BCUT2D eigenvalue weighted by Crippen LogP contribution is 2.59. The number of nitrogens with zero attached hydrogens (tertiary/aromatic N) is 6. The van der Waals surface area contributed by atoms with E-state index in [1.165, 1.54) is 0 Å². The average Bonchev–Trinajstić information content (AvgIpc) is 1.63. The largest absolute Gasteiger partial charge is 0.459 e. The van der Waals surface area contributed by atoms with Gasteiger partial charge in [-0.3, -0.25) is 0 Å². The Kier molecular flexibility index (Phi) is 15.2. The first-order chi connectivity index (χ1) is 40.0. The highest BCUT2D eigenvalue weighted by Gasteiger charge is 2.61. The molecule has 5 aromatic carbocycles. The van der Waals surface area contributed by atoms with Crippen LogP contribution in [0.2, 0.25) is 0 Å². The third-order valence-electron chi connectivity index (χ3n) is 12.9. The van der Waals surface area contributed by atoms with Crippen molar-refractivity contribution in [2.24, 2.45) is 9.98 Å². The lowest BCUT2D eigenvalue weighted by Gasteiger charge is -2.37. The van der Waals surface area contributed by atoms with Gasteiger partial charge in [0.15, 0.2) is 0 Å². The third kappa shape index (κ3) is 10.4. The van der Waals surface area contributed by atoms with E-state index in [9.17, 15) is 21.0 Å². The van der Waals surface area contributed by atoms with Gasteiger partial charge in [0.2, 0.25) is 11.4 Å². The molecule has 20 heteroatoms. The van der Waals surface area contributed by atoms with Crippen molar-refractivity contribution in [3.63, 3.8) is 0 Å². The number of carbonyl (C=O) groups is 4. The minimum atomic E-state index is -2.63. The summed E-state index contributed by atoms with van der Waals surface area (Å²) in [4.78, 5) is 72.3. The Morgan fingerprint density at radius 3 is 1.00 bits per heavy atom. The van der Waals surface area contributed by atoms with Crippen molar-refractivity contribution in [3.8, 4) is 76.2 Å². The molecule has 398 valence electrons. The second-order valence-corrected chi connectivity index (χ2v) is 22.2. The van der Waals surface area contributed by atoms with Gasteiger partial charge in [-0.2, -0.15) is 21.0 Å². The zero-order valence-electron chi connectivity index (χ0n) is 42.4. The number of ether oxygens (including phenoxy) is 6. The van der Waals surface area contributed by atoms with Crippen molar-refractivity contribution in [2.45, 2.75) is 37.6 Å². The van der Waals surface area contributed by atoms with Gasteiger partial charge in [0.1, 0.15) is 72.2 Å². The van der Waals surface area contributed by atoms with Gasteiger partial charge in [0.05, 0.1) is 0 Å². The molecule has 2 aliphatic rings. The van der Waals surface area contributed by atoms with Gasteiger partial charge in [-0.05, 0) is 70.8 Å². The van der Waals surface area contributed by atoms with E-state index in [1.54, 1.807) is 170 Å². The van der Waals surface area contributed by atoms with Crippen LogP contribution in [0.4, 0.5) is 10.0 Å². The number of carbonyl (C=O) groups excluding carboxylic acids is 4. The summed E-state index contributed by atoms with van der Waals surface area (Å²) >= 11 is 4.61. The van der Waals surface area contributed by atoms with E-state index in [-0.39, 0.29) is 71.6 Å². The molecule has 9 aromatic rings. The zero-order chi connectivity index (χ0) is 56.8. The van der Waals surface area contributed by atoms with Crippen LogP contribution in [0.1, 0.15) is 33.4 Å². The molecular formula is C62H36N6O10S4. The number of hydrogen-bond donors (Lipinski definition) is 0. The summed E-state index contributed by atoms with van der Waals surface area (Å²) in [5.41, 5.74) is -2.92. The molecule has 2 aliphatic heterocycles. The lowest BCUT2D eigenvalue weighted by molar-refractivity contribution is -0.185. The Balaban J connectivity index is 1.12. The molecule has 4 aromatic heterocycles. The second-order valence-electron chi connectivity index (χ2n) is 18.0. The van der Waals surface area contributed by atoms with Crippen LogP contribution in [0, 0.1) is 45.3 Å². The molecular weight excluding hydrogens is 1120 g/mol.